The van der Waals surface area contributed by atoms with E-state index in [2.05, 4.69) is 5.32 Å². The smallest absolute Gasteiger partial charge is 0.262 e. The van der Waals surface area contributed by atoms with E-state index in [1.165, 1.54) is 0 Å². The summed E-state index contributed by atoms with van der Waals surface area (Å²) in [5.74, 6) is 0.285. The molecule has 1 aliphatic rings. The Labute approximate surface area is 126 Å². The van der Waals surface area contributed by atoms with Gasteiger partial charge in [0, 0.05) is 17.0 Å². The van der Waals surface area contributed by atoms with E-state index >= 15 is 0 Å². The van der Waals surface area contributed by atoms with Crippen LogP contribution in [0, 0.1) is 0 Å². The van der Waals surface area contributed by atoms with Crippen LogP contribution in [-0.4, -0.2) is 18.3 Å². The van der Waals surface area contributed by atoms with Gasteiger partial charge in [-0.2, -0.15) is 0 Å². The Morgan fingerprint density at radius 1 is 1.24 bits per heavy atom. The highest BCUT2D eigenvalue weighted by atomic mass is 35.5. The first-order valence-corrected chi connectivity index (χ1v) is 6.84. The van der Waals surface area contributed by atoms with Gasteiger partial charge in [0.2, 0.25) is 0 Å². The normalized spacial score (nSPS) is 13.1. The molecule has 1 amide bonds. The van der Waals surface area contributed by atoms with Gasteiger partial charge in [0.05, 0.1) is 5.69 Å². The fraction of sp³-hybridized carbons (Fsp3) is 0.125. The molecule has 0 bridgehead atoms. The van der Waals surface area contributed by atoms with Crippen LogP contribution >= 0.6 is 11.6 Å². The molecule has 2 aromatic carbocycles. The molecule has 0 radical (unpaired) electrons. The molecule has 0 aliphatic carbocycles. The van der Waals surface area contributed by atoms with Crippen molar-refractivity contribution in [3.05, 3.63) is 58.6 Å². The second-order valence-corrected chi connectivity index (χ2v) is 5.15. The van der Waals surface area contributed by atoms with Crippen LogP contribution < -0.4 is 10.1 Å². The number of rotatable bonds is 3. The van der Waals surface area contributed by atoms with Gasteiger partial charge in [0.15, 0.2) is 12.4 Å². The van der Waals surface area contributed by atoms with Crippen molar-refractivity contribution in [3.63, 3.8) is 0 Å². The first kappa shape index (κ1) is 13.6. The topological polar surface area (TPSA) is 55.4 Å². The van der Waals surface area contributed by atoms with Gasteiger partial charge in [-0.05, 0) is 29.8 Å². The lowest BCUT2D eigenvalue weighted by Crippen LogP contribution is -2.25. The van der Waals surface area contributed by atoms with Gasteiger partial charge >= 0.3 is 0 Å². The molecule has 0 fully saturated rings. The molecule has 4 nitrogen and oxygen atoms in total. The molecule has 3 rings (SSSR count). The second-order valence-electron chi connectivity index (χ2n) is 4.74. The highest BCUT2D eigenvalue weighted by Crippen LogP contribution is 2.29. The molecular formula is C16H12ClNO3. The van der Waals surface area contributed by atoms with E-state index in [-0.39, 0.29) is 24.7 Å². The third-order valence-corrected chi connectivity index (χ3v) is 3.61. The van der Waals surface area contributed by atoms with Crippen LogP contribution in [0.4, 0.5) is 5.69 Å². The summed E-state index contributed by atoms with van der Waals surface area (Å²) in [7, 11) is 0. The zero-order chi connectivity index (χ0) is 14.8. The number of hydrogen-bond donors (Lipinski definition) is 1. The van der Waals surface area contributed by atoms with E-state index in [0.717, 1.165) is 5.56 Å². The van der Waals surface area contributed by atoms with Crippen molar-refractivity contribution in [1.82, 2.24) is 0 Å². The van der Waals surface area contributed by atoms with Crippen LogP contribution in [0.1, 0.15) is 15.9 Å². The molecule has 106 valence electrons. The summed E-state index contributed by atoms with van der Waals surface area (Å²) in [6.07, 6.45) is 0.216. The zero-order valence-corrected chi connectivity index (χ0v) is 11.8. The number of nitrogens with one attached hydrogen (secondary N) is 1. The van der Waals surface area contributed by atoms with E-state index in [9.17, 15) is 9.59 Å². The number of benzene rings is 2. The highest BCUT2D eigenvalue weighted by molar-refractivity contribution is 6.31. The maximum Gasteiger partial charge on any atom is 0.262 e. The number of fused-ring (bicyclic) bond motifs is 1. The molecule has 0 saturated heterocycles. The van der Waals surface area contributed by atoms with Crippen molar-refractivity contribution in [2.24, 2.45) is 0 Å². The van der Waals surface area contributed by atoms with Crippen LogP contribution in [0.2, 0.25) is 5.02 Å². The Hall–Kier alpha value is -2.33. The van der Waals surface area contributed by atoms with Crippen molar-refractivity contribution >= 4 is 29.0 Å². The SMILES string of the molecule is O=C1COc2ccc(C(=O)Cc3ccccc3Cl)cc2N1. The Kier molecular flexibility index (Phi) is 3.62. The third kappa shape index (κ3) is 2.90. The van der Waals surface area contributed by atoms with E-state index in [1.807, 2.05) is 18.2 Å². The second kappa shape index (κ2) is 5.58. The highest BCUT2D eigenvalue weighted by Gasteiger charge is 2.18. The molecule has 0 aromatic heterocycles. The number of Topliss-reactive ketones (excluding diaryl/α,β-unsaturated/α-hetero) is 1. The molecule has 0 unspecified atom stereocenters. The molecule has 1 N–H and O–H groups in total. The molecule has 1 aliphatic heterocycles. The quantitative estimate of drug-likeness (QED) is 0.886. The van der Waals surface area contributed by atoms with E-state index in [1.54, 1.807) is 24.3 Å². The summed E-state index contributed by atoms with van der Waals surface area (Å²) in [6, 6.07) is 12.3. The summed E-state index contributed by atoms with van der Waals surface area (Å²) in [4.78, 5) is 23.6. The predicted octanol–water partition coefficient (Wildman–Crippen LogP) is 3.10. The van der Waals surface area contributed by atoms with Crippen molar-refractivity contribution in [2.75, 3.05) is 11.9 Å². The van der Waals surface area contributed by atoms with Gasteiger partial charge in [0.25, 0.3) is 5.91 Å². The van der Waals surface area contributed by atoms with Crippen molar-refractivity contribution in [2.45, 2.75) is 6.42 Å². The number of anilines is 1. The molecule has 0 atom stereocenters. The van der Waals surface area contributed by atoms with Crippen LogP contribution in [0.15, 0.2) is 42.5 Å². The van der Waals surface area contributed by atoms with E-state index in [4.69, 9.17) is 16.3 Å². The lowest BCUT2D eigenvalue weighted by atomic mass is 10.0. The van der Waals surface area contributed by atoms with Gasteiger partial charge in [-0.3, -0.25) is 9.59 Å². The molecular weight excluding hydrogens is 290 g/mol. The minimum absolute atomic E-state index is 0.0000830. The lowest BCUT2D eigenvalue weighted by Gasteiger charge is -2.18. The summed E-state index contributed by atoms with van der Waals surface area (Å²) in [5, 5.41) is 3.26. The minimum atomic E-state index is -0.224. The van der Waals surface area contributed by atoms with Crippen molar-refractivity contribution in [1.29, 1.82) is 0 Å². The largest absolute Gasteiger partial charge is 0.482 e. The predicted molar refractivity (Wildman–Crippen MR) is 80.1 cm³/mol. The Morgan fingerprint density at radius 2 is 2.05 bits per heavy atom. The molecule has 21 heavy (non-hydrogen) atoms. The standard InChI is InChI=1S/C16H12ClNO3/c17-12-4-2-1-3-10(12)8-14(19)11-5-6-15-13(7-11)18-16(20)9-21-15/h1-7H,8-9H2,(H,18,20). The Morgan fingerprint density at radius 3 is 2.86 bits per heavy atom. The average molecular weight is 302 g/mol. The number of ketones is 1. The third-order valence-electron chi connectivity index (χ3n) is 3.24. The van der Waals surface area contributed by atoms with Gasteiger partial charge in [-0.25, -0.2) is 0 Å². The summed E-state index contributed by atoms with van der Waals surface area (Å²) >= 11 is 6.06. The van der Waals surface area contributed by atoms with E-state index < -0.39 is 0 Å². The van der Waals surface area contributed by atoms with Gasteiger partial charge in [-0.15, -0.1) is 0 Å². The van der Waals surface area contributed by atoms with Crippen molar-refractivity contribution < 1.29 is 14.3 Å². The fourth-order valence-electron chi connectivity index (χ4n) is 2.17. The van der Waals surface area contributed by atoms with Gasteiger partial charge in [-0.1, -0.05) is 29.8 Å². The number of amides is 1. The number of hydrogen-bond acceptors (Lipinski definition) is 3. The lowest BCUT2D eigenvalue weighted by molar-refractivity contribution is -0.118. The maximum absolute atomic E-state index is 12.3. The number of ether oxygens (including phenoxy) is 1. The van der Waals surface area contributed by atoms with Crippen LogP contribution in [-0.2, 0) is 11.2 Å². The first-order chi connectivity index (χ1) is 10.1. The Bertz CT molecular complexity index is 727. The minimum Gasteiger partial charge on any atom is -0.482 e. The monoisotopic (exact) mass is 301 g/mol. The average Bonchev–Trinajstić information content (AvgIpc) is 2.48. The summed E-state index contributed by atoms with van der Waals surface area (Å²) in [5.41, 5.74) is 1.82. The van der Waals surface area contributed by atoms with Crippen molar-refractivity contribution in [3.8, 4) is 5.75 Å². The molecule has 1 heterocycles. The van der Waals surface area contributed by atoms with Crippen LogP contribution in [0.3, 0.4) is 0 Å². The van der Waals surface area contributed by atoms with Gasteiger partial charge in [0.1, 0.15) is 5.75 Å². The number of carbonyl (C=O) groups is 2. The van der Waals surface area contributed by atoms with E-state index in [0.29, 0.717) is 22.0 Å². The van der Waals surface area contributed by atoms with Crippen LogP contribution in [0.25, 0.3) is 0 Å². The first-order valence-electron chi connectivity index (χ1n) is 6.47. The molecule has 2 aromatic rings. The maximum atomic E-state index is 12.3. The number of carbonyl (C=O) groups excluding carboxylic acids is 2. The Balaban J connectivity index is 1.84. The zero-order valence-electron chi connectivity index (χ0n) is 11.1. The summed E-state index contributed by atoms with van der Waals surface area (Å²) < 4.78 is 5.26. The van der Waals surface area contributed by atoms with Gasteiger partial charge < -0.3 is 10.1 Å². The summed E-state index contributed by atoms with van der Waals surface area (Å²) in [6.45, 7) is -0.0000830. The number of halogens is 1. The fourth-order valence-corrected chi connectivity index (χ4v) is 2.38. The molecule has 0 saturated carbocycles. The molecule has 0 spiro atoms. The van der Waals surface area contributed by atoms with Crippen LogP contribution in [0.5, 0.6) is 5.75 Å². The molecule has 5 heteroatoms.